The Morgan fingerprint density at radius 3 is 2.09 bits per heavy atom. The number of esters is 1. The molecule has 0 spiro atoms. The second kappa shape index (κ2) is 20.8. The Hall–Kier alpha value is -3.54. The van der Waals surface area contributed by atoms with E-state index in [4.69, 9.17) is 86.9 Å². The van der Waals surface area contributed by atoms with Crippen LogP contribution in [0.4, 0.5) is 9.59 Å². The second-order valence-corrected chi connectivity index (χ2v) is 21.5. The summed E-state index contributed by atoms with van der Waals surface area (Å²) in [6, 6.07) is 8.54. The van der Waals surface area contributed by atoms with Crippen molar-refractivity contribution < 1.29 is 66.5 Å². The van der Waals surface area contributed by atoms with Gasteiger partial charge in [-0.2, -0.15) is 0 Å². The second-order valence-electron chi connectivity index (χ2n) is 18.9. The third-order valence-electron chi connectivity index (χ3n) is 10.9. The molecule has 1 unspecified atom stereocenters. The Kier molecular flexibility index (Phi) is 16.4. The van der Waals surface area contributed by atoms with E-state index in [1.807, 2.05) is 44.2 Å². The van der Waals surface area contributed by atoms with E-state index in [2.05, 4.69) is 10.6 Å². The number of alkyl carbamates (subject to hydrolysis) is 2. The van der Waals surface area contributed by atoms with Crippen molar-refractivity contribution in [3.05, 3.63) is 69.0 Å². The summed E-state index contributed by atoms with van der Waals surface area (Å²) < 4.78 is 68.3. The number of carbonyl (C=O) groups is 3. The van der Waals surface area contributed by atoms with Gasteiger partial charge in [0.05, 0.1) is 6.61 Å². The quantitative estimate of drug-likeness (QED) is 0.123. The minimum absolute atomic E-state index is 0.108. The van der Waals surface area contributed by atoms with Crippen LogP contribution in [0.25, 0.3) is 0 Å². The predicted molar refractivity (Wildman–Crippen MR) is 239 cm³/mol. The standard InChI is InChI=1S/C44H61Cl3N4O16/c1-11-43(12-2)64-28-25(20-48-37(54)67-41(6,7)8)59-36(33(28)65-43)61-29(27(35(53)66-40(3,4)5)49-38(55)58-22-44(45,46)47)30-31-32(63-42(9,10)62-31)34(60-30)50-19-18-26(52)51(39(50)56)23-57-21-24-16-14-13-15-17-24/h13-19,25,27-34,36H,11-12,20-23H2,1-10H3,(H,48,54)(H,49,55)/t25-,27+,28-,29?,30-,31-,32-,33-,34-,36+/m1/s1. The maximum atomic E-state index is 14.5. The zero-order valence-corrected chi connectivity index (χ0v) is 41.4. The van der Waals surface area contributed by atoms with Crippen molar-refractivity contribution in [2.75, 3.05) is 13.2 Å². The van der Waals surface area contributed by atoms with Crippen molar-refractivity contribution in [2.45, 2.75) is 183 Å². The van der Waals surface area contributed by atoms with E-state index in [1.165, 1.54) is 12.3 Å². The maximum Gasteiger partial charge on any atom is 0.408 e. The molecule has 2 amide bonds. The molecule has 0 radical (unpaired) electrons. The summed E-state index contributed by atoms with van der Waals surface area (Å²) in [5.41, 5.74) is -2.57. The molecular formula is C44H61Cl3N4O16. The number of ether oxygens (including phenoxy) is 11. The highest BCUT2D eigenvalue weighted by molar-refractivity contribution is 6.67. The first-order chi connectivity index (χ1) is 31.2. The van der Waals surface area contributed by atoms with E-state index >= 15 is 0 Å². The lowest BCUT2D eigenvalue weighted by molar-refractivity contribution is -0.275. The van der Waals surface area contributed by atoms with Crippen LogP contribution in [-0.2, 0) is 70.2 Å². The van der Waals surface area contributed by atoms with Gasteiger partial charge >= 0.3 is 23.8 Å². The molecule has 2 aromatic rings. The number of aromatic nitrogens is 2. The monoisotopic (exact) mass is 1010 g/mol. The molecule has 20 nitrogen and oxygen atoms in total. The van der Waals surface area contributed by atoms with Gasteiger partial charge in [-0.15, -0.1) is 0 Å². The lowest BCUT2D eigenvalue weighted by Gasteiger charge is -2.37. The van der Waals surface area contributed by atoms with E-state index in [9.17, 15) is 24.0 Å². The van der Waals surface area contributed by atoms with Crippen LogP contribution in [0.15, 0.2) is 52.2 Å². The van der Waals surface area contributed by atoms with Crippen molar-refractivity contribution in [3.8, 4) is 0 Å². The van der Waals surface area contributed by atoms with Crippen molar-refractivity contribution in [3.63, 3.8) is 0 Å². The molecule has 0 bridgehead atoms. The summed E-state index contributed by atoms with van der Waals surface area (Å²) in [6.07, 6.45) is -10.6. The number of alkyl halides is 3. The van der Waals surface area contributed by atoms with Crippen molar-refractivity contribution in [1.29, 1.82) is 0 Å². The smallest absolute Gasteiger partial charge is 0.408 e. The molecule has 1 aromatic heterocycles. The minimum atomic E-state index is -2.03. The fourth-order valence-corrected chi connectivity index (χ4v) is 8.23. The van der Waals surface area contributed by atoms with E-state index < -0.39 is 131 Å². The molecule has 67 heavy (non-hydrogen) atoms. The summed E-state index contributed by atoms with van der Waals surface area (Å²) in [7, 11) is 0. The van der Waals surface area contributed by atoms with Crippen LogP contribution in [0, 0.1) is 0 Å². The maximum absolute atomic E-state index is 14.5. The number of halogens is 3. The summed E-state index contributed by atoms with van der Waals surface area (Å²) in [5.74, 6) is -3.43. The third-order valence-corrected chi connectivity index (χ3v) is 11.2. The van der Waals surface area contributed by atoms with E-state index in [-0.39, 0.29) is 13.2 Å². The number of hydrogen-bond acceptors (Lipinski definition) is 16. The molecule has 1 aromatic carbocycles. The lowest BCUT2D eigenvalue weighted by atomic mass is 9.98. The number of fused-ring (bicyclic) bond motifs is 2. The first kappa shape index (κ1) is 52.8. The van der Waals surface area contributed by atoms with Gasteiger partial charge in [-0.25, -0.2) is 23.7 Å². The summed E-state index contributed by atoms with van der Waals surface area (Å²) in [5, 5.41) is 5.23. The first-order valence-electron chi connectivity index (χ1n) is 22.0. The molecule has 2 N–H and O–H groups in total. The van der Waals surface area contributed by atoms with Gasteiger partial charge < -0.3 is 62.7 Å². The average Bonchev–Trinajstić information content (AvgIpc) is 3.95. The highest BCUT2D eigenvalue weighted by Gasteiger charge is 2.63. The minimum Gasteiger partial charge on any atom is -0.458 e. The van der Waals surface area contributed by atoms with Gasteiger partial charge in [-0.1, -0.05) is 79.0 Å². The molecule has 10 atom stereocenters. The zero-order valence-electron chi connectivity index (χ0n) is 39.1. The number of hydrogen-bond donors (Lipinski definition) is 2. The number of rotatable bonds is 16. The number of nitrogens with zero attached hydrogens (tertiary/aromatic N) is 2. The van der Waals surface area contributed by atoms with E-state index in [0.29, 0.717) is 12.8 Å². The van der Waals surface area contributed by atoms with Gasteiger partial charge in [0, 0.05) is 18.8 Å². The predicted octanol–water partition coefficient (Wildman–Crippen LogP) is 5.34. The molecule has 0 saturated carbocycles. The van der Waals surface area contributed by atoms with Crippen LogP contribution in [0.3, 0.4) is 0 Å². The summed E-state index contributed by atoms with van der Waals surface area (Å²) >= 11 is 17.7. The zero-order chi connectivity index (χ0) is 49.3. The van der Waals surface area contributed by atoms with Crippen LogP contribution in [0.1, 0.15) is 93.9 Å². The average molecular weight is 1010 g/mol. The molecule has 4 aliphatic rings. The number of amides is 2. The number of benzene rings is 1. The van der Waals surface area contributed by atoms with Gasteiger partial charge in [0.25, 0.3) is 5.56 Å². The van der Waals surface area contributed by atoms with Crippen LogP contribution >= 0.6 is 34.8 Å². The van der Waals surface area contributed by atoms with Gasteiger partial charge in [-0.05, 0) is 73.8 Å². The van der Waals surface area contributed by atoms with Crippen molar-refractivity contribution >= 4 is 53.0 Å². The third kappa shape index (κ3) is 13.4. The van der Waals surface area contributed by atoms with Gasteiger partial charge in [0.1, 0.15) is 67.3 Å². The molecular weight excluding hydrogens is 947 g/mol. The summed E-state index contributed by atoms with van der Waals surface area (Å²) in [4.78, 5) is 68.4. The van der Waals surface area contributed by atoms with Crippen molar-refractivity contribution in [2.24, 2.45) is 0 Å². The van der Waals surface area contributed by atoms with Crippen LogP contribution in [-0.4, -0.2) is 122 Å². The Labute approximate surface area is 403 Å². The molecule has 374 valence electrons. The van der Waals surface area contributed by atoms with Gasteiger partial charge in [0.15, 0.2) is 30.1 Å². The fraction of sp³-hybridized carbons (Fsp3) is 0.705. The van der Waals surface area contributed by atoms with Gasteiger partial charge in [0.2, 0.25) is 3.79 Å². The Morgan fingerprint density at radius 1 is 0.821 bits per heavy atom. The van der Waals surface area contributed by atoms with Crippen LogP contribution in [0.2, 0.25) is 0 Å². The van der Waals surface area contributed by atoms with Crippen molar-refractivity contribution in [1.82, 2.24) is 19.8 Å². The highest BCUT2D eigenvalue weighted by Crippen LogP contribution is 2.47. The lowest BCUT2D eigenvalue weighted by Crippen LogP contribution is -2.59. The Morgan fingerprint density at radius 2 is 1.46 bits per heavy atom. The van der Waals surface area contributed by atoms with E-state index in [1.54, 1.807) is 55.4 Å². The summed E-state index contributed by atoms with van der Waals surface area (Å²) in [6.45, 7) is 15.9. The van der Waals surface area contributed by atoms with Gasteiger partial charge in [-0.3, -0.25) is 9.36 Å². The molecule has 6 rings (SSSR count). The van der Waals surface area contributed by atoms with Crippen LogP contribution < -0.4 is 21.9 Å². The topological polar surface area (TPSA) is 221 Å². The first-order valence-corrected chi connectivity index (χ1v) is 23.2. The Bertz CT molecular complexity index is 2170. The Balaban J connectivity index is 1.41. The molecule has 5 heterocycles. The molecule has 23 heteroatoms. The normalized spacial score (nSPS) is 27.4. The number of nitrogens with one attached hydrogen (secondary N) is 2. The molecule has 4 fully saturated rings. The largest absolute Gasteiger partial charge is 0.458 e. The SMILES string of the molecule is CCC1(CC)O[C@H]2[C@H](OC([C@H](NC(=O)OCC(Cl)(Cl)Cl)C(=O)OC(C)(C)C)[C@H]3O[C@@H](n4ccc(=O)n(COCc5ccccc5)c4=O)[C@@H]4OC(C)(C)O[C@@H]43)O[C@H](CNC(=O)OC(C)(C)C)[C@H]2O1. The van der Waals surface area contributed by atoms with E-state index in [0.717, 1.165) is 14.7 Å². The highest BCUT2D eigenvalue weighted by atomic mass is 35.6. The molecule has 4 aliphatic heterocycles. The number of carbonyl (C=O) groups excluding carboxylic acids is 3. The molecule has 4 saturated heterocycles. The van der Waals surface area contributed by atoms with Crippen LogP contribution in [0.5, 0.6) is 0 Å². The fourth-order valence-electron chi connectivity index (χ4n) is 8.06. The molecule has 0 aliphatic carbocycles.